The van der Waals surface area contributed by atoms with Gasteiger partial charge in [-0.2, -0.15) is 5.10 Å². The Labute approximate surface area is 92.6 Å². The van der Waals surface area contributed by atoms with Gasteiger partial charge in [0.2, 0.25) is 0 Å². The van der Waals surface area contributed by atoms with Crippen LogP contribution in [0.5, 0.6) is 0 Å². The topological polar surface area (TPSA) is 34.9 Å². The van der Waals surface area contributed by atoms with Crippen LogP contribution in [0.1, 0.15) is 32.5 Å². The summed E-state index contributed by atoms with van der Waals surface area (Å²) in [5, 5.41) is 4.26. The molecule has 78 valence electrons. The van der Waals surface area contributed by atoms with Gasteiger partial charge in [0.15, 0.2) is 0 Å². The maximum atomic E-state index is 10.6. The molecule has 1 aromatic rings. The van der Waals surface area contributed by atoms with Crippen LogP contribution in [0.3, 0.4) is 0 Å². The predicted octanol–water partition coefficient (Wildman–Crippen LogP) is 2.60. The van der Waals surface area contributed by atoms with Gasteiger partial charge in [-0.1, -0.05) is 6.92 Å². The van der Waals surface area contributed by atoms with E-state index in [4.69, 9.17) is 0 Å². The SMILES string of the molecule is CC(C=O)Cc1c(Br)cnn1C(C)C. The molecule has 0 spiro atoms. The third-order valence-corrected chi connectivity index (χ3v) is 2.75. The van der Waals surface area contributed by atoms with Crippen LogP contribution in [0.4, 0.5) is 0 Å². The Morgan fingerprint density at radius 3 is 2.71 bits per heavy atom. The molecule has 1 heterocycles. The van der Waals surface area contributed by atoms with Crippen LogP contribution in [0.2, 0.25) is 0 Å². The van der Waals surface area contributed by atoms with Crippen molar-refractivity contribution in [3.8, 4) is 0 Å². The molecule has 0 aliphatic carbocycles. The lowest BCUT2D eigenvalue weighted by molar-refractivity contribution is -0.110. The van der Waals surface area contributed by atoms with Crippen LogP contribution >= 0.6 is 15.9 Å². The third kappa shape index (κ3) is 2.44. The van der Waals surface area contributed by atoms with Crippen LogP contribution in [-0.4, -0.2) is 16.1 Å². The van der Waals surface area contributed by atoms with Crippen molar-refractivity contribution < 1.29 is 4.79 Å². The van der Waals surface area contributed by atoms with Gasteiger partial charge in [-0.25, -0.2) is 0 Å². The Hall–Kier alpha value is -0.640. The first-order valence-corrected chi connectivity index (χ1v) is 5.52. The van der Waals surface area contributed by atoms with Crippen molar-refractivity contribution in [3.63, 3.8) is 0 Å². The molecule has 0 saturated heterocycles. The summed E-state index contributed by atoms with van der Waals surface area (Å²) in [5.74, 6) is 0.0421. The van der Waals surface area contributed by atoms with Crippen LogP contribution in [0.25, 0.3) is 0 Å². The zero-order valence-electron chi connectivity index (χ0n) is 8.70. The second-order valence-electron chi connectivity index (χ2n) is 3.80. The Morgan fingerprint density at radius 1 is 1.57 bits per heavy atom. The van der Waals surface area contributed by atoms with Crippen molar-refractivity contribution in [2.45, 2.75) is 33.2 Å². The highest BCUT2D eigenvalue weighted by atomic mass is 79.9. The Bertz CT molecular complexity index is 320. The number of carbonyl (C=O) groups is 1. The van der Waals surface area contributed by atoms with Crippen molar-refractivity contribution in [1.29, 1.82) is 0 Å². The number of aromatic nitrogens is 2. The van der Waals surface area contributed by atoms with Gasteiger partial charge in [0.1, 0.15) is 6.29 Å². The molecule has 1 unspecified atom stereocenters. The first-order chi connectivity index (χ1) is 6.56. The van der Waals surface area contributed by atoms with Crippen LogP contribution in [0, 0.1) is 5.92 Å². The Kier molecular flexibility index (Phi) is 3.86. The Balaban J connectivity index is 2.93. The largest absolute Gasteiger partial charge is 0.303 e. The van der Waals surface area contributed by atoms with Gasteiger partial charge in [-0.05, 0) is 36.2 Å². The summed E-state index contributed by atoms with van der Waals surface area (Å²) in [5.41, 5.74) is 1.10. The normalized spacial score (nSPS) is 13.2. The molecule has 0 aromatic carbocycles. The van der Waals surface area contributed by atoms with E-state index in [1.807, 2.05) is 11.6 Å². The van der Waals surface area contributed by atoms with Gasteiger partial charge in [0.05, 0.1) is 16.4 Å². The zero-order chi connectivity index (χ0) is 10.7. The van der Waals surface area contributed by atoms with Crippen molar-refractivity contribution in [1.82, 2.24) is 9.78 Å². The molecule has 4 heteroatoms. The average Bonchev–Trinajstić information content (AvgIpc) is 2.48. The predicted molar refractivity (Wildman–Crippen MR) is 59.2 cm³/mol. The molecule has 1 aromatic heterocycles. The van der Waals surface area contributed by atoms with Crippen molar-refractivity contribution in [3.05, 3.63) is 16.4 Å². The second-order valence-corrected chi connectivity index (χ2v) is 4.65. The van der Waals surface area contributed by atoms with Gasteiger partial charge < -0.3 is 4.79 Å². The molecule has 0 N–H and O–H groups in total. The summed E-state index contributed by atoms with van der Waals surface area (Å²) in [6, 6.07) is 0.329. The number of carbonyl (C=O) groups excluding carboxylic acids is 1. The monoisotopic (exact) mass is 258 g/mol. The van der Waals surface area contributed by atoms with Gasteiger partial charge in [-0.15, -0.1) is 0 Å². The molecule has 14 heavy (non-hydrogen) atoms. The van der Waals surface area contributed by atoms with Gasteiger partial charge in [-0.3, -0.25) is 4.68 Å². The molecule has 1 atom stereocenters. The van der Waals surface area contributed by atoms with E-state index in [1.165, 1.54) is 0 Å². The molecule has 0 fully saturated rings. The highest BCUT2D eigenvalue weighted by Gasteiger charge is 2.13. The highest BCUT2D eigenvalue weighted by Crippen LogP contribution is 2.21. The molecule has 0 aliphatic rings. The van der Waals surface area contributed by atoms with Crippen molar-refractivity contribution >= 4 is 22.2 Å². The zero-order valence-corrected chi connectivity index (χ0v) is 10.3. The molecule has 0 amide bonds. The number of hydrogen-bond donors (Lipinski definition) is 0. The van der Waals surface area contributed by atoms with E-state index < -0.39 is 0 Å². The maximum absolute atomic E-state index is 10.6. The Morgan fingerprint density at radius 2 is 2.21 bits per heavy atom. The van der Waals surface area contributed by atoms with E-state index in [0.717, 1.165) is 22.9 Å². The van der Waals surface area contributed by atoms with Crippen molar-refractivity contribution in [2.75, 3.05) is 0 Å². The standard InChI is InChI=1S/C10H15BrN2O/c1-7(2)13-10(4-8(3)6-14)9(11)5-12-13/h5-8H,4H2,1-3H3. The van der Waals surface area contributed by atoms with Gasteiger partial charge >= 0.3 is 0 Å². The maximum Gasteiger partial charge on any atom is 0.123 e. The molecule has 0 radical (unpaired) electrons. The van der Waals surface area contributed by atoms with E-state index in [2.05, 4.69) is 34.9 Å². The molecule has 0 bridgehead atoms. The fourth-order valence-electron chi connectivity index (χ4n) is 1.36. The molecular weight excluding hydrogens is 244 g/mol. The molecule has 0 saturated carbocycles. The lowest BCUT2D eigenvalue weighted by Gasteiger charge is -2.12. The molecule has 1 rings (SSSR count). The summed E-state index contributed by atoms with van der Waals surface area (Å²) in [7, 11) is 0. The summed E-state index contributed by atoms with van der Waals surface area (Å²) >= 11 is 3.44. The average molecular weight is 259 g/mol. The summed E-state index contributed by atoms with van der Waals surface area (Å²) < 4.78 is 2.93. The minimum Gasteiger partial charge on any atom is -0.303 e. The first-order valence-electron chi connectivity index (χ1n) is 4.73. The highest BCUT2D eigenvalue weighted by molar-refractivity contribution is 9.10. The summed E-state index contributed by atoms with van der Waals surface area (Å²) in [4.78, 5) is 10.6. The lowest BCUT2D eigenvalue weighted by Crippen LogP contribution is -2.11. The van der Waals surface area contributed by atoms with E-state index in [9.17, 15) is 4.79 Å². The van der Waals surface area contributed by atoms with E-state index >= 15 is 0 Å². The smallest absolute Gasteiger partial charge is 0.123 e. The molecule has 0 aliphatic heterocycles. The number of hydrogen-bond acceptors (Lipinski definition) is 2. The number of halogens is 1. The van der Waals surface area contributed by atoms with Crippen LogP contribution in [-0.2, 0) is 11.2 Å². The van der Waals surface area contributed by atoms with Gasteiger partial charge in [0, 0.05) is 12.0 Å². The number of rotatable bonds is 4. The summed E-state index contributed by atoms with van der Waals surface area (Å²) in [6.45, 7) is 6.07. The van der Waals surface area contributed by atoms with E-state index in [1.54, 1.807) is 6.20 Å². The molecular formula is C10H15BrN2O. The quantitative estimate of drug-likeness (QED) is 0.779. The first kappa shape index (κ1) is 11.4. The fraction of sp³-hybridized carbons (Fsp3) is 0.600. The lowest BCUT2D eigenvalue weighted by atomic mass is 10.1. The van der Waals surface area contributed by atoms with Crippen molar-refractivity contribution in [2.24, 2.45) is 5.92 Å². The van der Waals surface area contributed by atoms with Crippen LogP contribution < -0.4 is 0 Å². The minimum absolute atomic E-state index is 0.0421. The van der Waals surface area contributed by atoms with Crippen LogP contribution in [0.15, 0.2) is 10.7 Å². The fourth-order valence-corrected chi connectivity index (χ4v) is 1.79. The third-order valence-electron chi connectivity index (χ3n) is 2.08. The van der Waals surface area contributed by atoms with Gasteiger partial charge in [0.25, 0.3) is 0 Å². The van der Waals surface area contributed by atoms with E-state index in [0.29, 0.717) is 6.04 Å². The second kappa shape index (κ2) is 4.73. The number of nitrogens with zero attached hydrogens (tertiary/aromatic N) is 2. The van der Waals surface area contributed by atoms with E-state index in [-0.39, 0.29) is 5.92 Å². The molecule has 3 nitrogen and oxygen atoms in total. The minimum atomic E-state index is 0.0421. The summed E-state index contributed by atoms with van der Waals surface area (Å²) in [6.07, 6.45) is 3.50. The number of aldehydes is 1.